The lowest BCUT2D eigenvalue weighted by Crippen LogP contribution is -1.99. The zero-order chi connectivity index (χ0) is 21.8. The smallest absolute Gasteiger partial charge is 0.0184 e. The Balaban J connectivity index is 1.48. The monoisotopic (exact) mass is 411 g/mol. The Bertz CT molecular complexity index is 1300. The van der Waals surface area contributed by atoms with Crippen LogP contribution in [0.2, 0.25) is 0 Å². The molecule has 0 bridgehead atoms. The third kappa shape index (κ3) is 4.12. The second kappa shape index (κ2) is 9.05. The van der Waals surface area contributed by atoms with Gasteiger partial charge in [-0.15, -0.1) is 0 Å². The van der Waals surface area contributed by atoms with E-state index in [1.807, 2.05) is 12.1 Å². The summed E-state index contributed by atoms with van der Waals surface area (Å²) in [6, 6.07) is 45.1. The molecule has 2 N–H and O–H groups in total. The molecule has 0 spiro atoms. The van der Waals surface area contributed by atoms with Gasteiger partial charge in [0.25, 0.3) is 0 Å². The summed E-state index contributed by atoms with van der Waals surface area (Å²) in [6.45, 7) is 0.517. The fourth-order valence-corrected chi connectivity index (χ4v) is 4.16. The molecule has 0 saturated heterocycles. The third-order valence-corrected chi connectivity index (χ3v) is 5.96. The lowest BCUT2D eigenvalue weighted by atomic mass is 9.93. The maximum Gasteiger partial charge on any atom is 0.0184 e. The van der Waals surface area contributed by atoms with E-state index in [4.69, 9.17) is 5.73 Å². The van der Waals surface area contributed by atoms with Crippen LogP contribution in [0.25, 0.3) is 44.5 Å². The third-order valence-electron chi connectivity index (χ3n) is 5.96. The minimum Gasteiger partial charge on any atom is -0.326 e. The number of hydrogen-bond acceptors (Lipinski definition) is 1. The molecule has 0 amide bonds. The Kier molecular flexibility index (Phi) is 5.65. The Labute approximate surface area is 189 Å². The van der Waals surface area contributed by atoms with Crippen LogP contribution in [-0.4, -0.2) is 0 Å². The largest absolute Gasteiger partial charge is 0.326 e. The number of nitrogens with two attached hydrogens (primary N) is 1. The van der Waals surface area contributed by atoms with Gasteiger partial charge in [0.05, 0.1) is 0 Å². The van der Waals surface area contributed by atoms with Crippen LogP contribution in [0.3, 0.4) is 0 Å². The van der Waals surface area contributed by atoms with E-state index in [0.29, 0.717) is 6.54 Å². The van der Waals surface area contributed by atoms with Gasteiger partial charge < -0.3 is 5.73 Å². The van der Waals surface area contributed by atoms with E-state index >= 15 is 0 Å². The number of hydrogen-bond donors (Lipinski definition) is 1. The Morgan fingerprint density at radius 1 is 0.375 bits per heavy atom. The summed E-state index contributed by atoms with van der Waals surface area (Å²) < 4.78 is 0. The molecule has 0 atom stereocenters. The molecule has 0 saturated carbocycles. The fourth-order valence-electron chi connectivity index (χ4n) is 4.16. The first-order valence-corrected chi connectivity index (χ1v) is 11.0. The van der Waals surface area contributed by atoms with E-state index in [0.717, 1.165) is 5.56 Å². The topological polar surface area (TPSA) is 26.0 Å². The molecule has 0 radical (unpaired) electrons. The molecule has 154 valence electrons. The normalized spacial score (nSPS) is 10.8. The minimum atomic E-state index is 0.517. The van der Waals surface area contributed by atoms with Crippen molar-refractivity contribution in [3.63, 3.8) is 0 Å². The summed E-state index contributed by atoms with van der Waals surface area (Å²) >= 11 is 0. The van der Waals surface area contributed by atoms with Crippen LogP contribution in [0.15, 0.2) is 127 Å². The van der Waals surface area contributed by atoms with Crippen LogP contribution in [0.4, 0.5) is 0 Å². The van der Waals surface area contributed by atoms with Gasteiger partial charge in [0.15, 0.2) is 0 Å². The van der Waals surface area contributed by atoms with E-state index < -0.39 is 0 Å². The molecule has 1 nitrogen and oxygen atoms in total. The fraction of sp³-hybridized carbons (Fsp3) is 0.0323. The first-order chi connectivity index (χ1) is 15.8. The molecular formula is C31H25N. The van der Waals surface area contributed by atoms with E-state index in [1.165, 1.54) is 44.5 Å². The van der Waals surface area contributed by atoms with E-state index in [2.05, 4.69) is 115 Å². The van der Waals surface area contributed by atoms with Crippen molar-refractivity contribution < 1.29 is 0 Å². The lowest BCUT2D eigenvalue weighted by Gasteiger charge is -2.13. The van der Waals surface area contributed by atoms with Crippen molar-refractivity contribution in [1.82, 2.24) is 0 Å². The second-order valence-corrected chi connectivity index (χ2v) is 7.96. The van der Waals surface area contributed by atoms with Gasteiger partial charge in [-0.1, -0.05) is 121 Å². The van der Waals surface area contributed by atoms with Crippen molar-refractivity contribution in [1.29, 1.82) is 0 Å². The summed E-state index contributed by atoms with van der Waals surface area (Å²) in [7, 11) is 0. The second-order valence-electron chi connectivity index (χ2n) is 7.96. The number of benzene rings is 5. The highest BCUT2D eigenvalue weighted by molar-refractivity contribution is 5.78. The summed E-state index contributed by atoms with van der Waals surface area (Å²) in [5.74, 6) is 0. The summed E-state index contributed by atoms with van der Waals surface area (Å²) in [6.07, 6.45) is 0. The Morgan fingerprint density at radius 2 is 0.750 bits per heavy atom. The molecule has 1 heteroatoms. The van der Waals surface area contributed by atoms with Crippen LogP contribution in [0.1, 0.15) is 5.56 Å². The van der Waals surface area contributed by atoms with Crippen molar-refractivity contribution in [2.45, 2.75) is 6.54 Å². The van der Waals surface area contributed by atoms with Crippen LogP contribution in [0.5, 0.6) is 0 Å². The zero-order valence-corrected chi connectivity index (χ0v) is 17.9. The maximum atomic E-state index is 6.08. The molecule has 5 aromatic rings. The molecule has 5 rings (SSSR count). The number of rotatable bonds is 5. The predicted molar refractivity (Wildman–Crippen MR) is 136 cm³/mol. The summed E-state index contributed by atoms with van der Waals surface area (Å²) in [5, 5.41) is 0. The van der Waals surface area contributed by atoms with Gasteiger partial charge >= 0.3 is 0 Å². The van der Waals surface area contributed by atoms with Crippen molar-refractivity contribution >= 4 is 0 Å². The molecule has 0 aromatic heterocycles. The predicted octanol–water partition coefficient (Wildman–Crippen LogP) is 7.81. The van der Waals surface area contributed by atoms with Crippen LogP contribution in [0, 0.1) is 0 Å². The molecule has 0 unspecified atom stereocenters. The van der Waals surface area contributed by atoms with Gasteiger partial charge in [-0.2, -0.15) is 0 Å². The highest BCUT2D eigenvalue weighted by Crippen LogP contribution is 2.32. The van der Waals surface area contributed by atoms with Gasteiger partial charge in [0.1, 0.15) is 0 Å². The van der Waals surface area contributed by atoms with Crippen LogP contribution in [-0.2, 0) is 6.54 Å². The Hall–Kier alpha value is -3.94. The average molecular weight is 412 g/mol. The van der Waals surface area contributed by atoms with Crippen molar-refractivity contribution in [3.8, 4) is 44.5 Å². The van der Waals surface area contributed by atoms with Crippen molar-refractivity contribution in [2.24, 2.45) is 5.73 Å². The average Bonchev–Trinajstić information content (AvgIpc) is 2.89. The molecule has 0 heterocycles. The minimum absolute atomic E-state index is 0.517. The van der Waals surface area contributed by atoms with E-state index in [9.17, 15) is 0 Å². The SMILES string of the molecule is NCc1ccc(-c2ccc(-c3ccccc3)cc2)cc1-c1ccc(-c2ccccc2)cc1. The molecule has 0 aliphatic rings. The van der Waals surface area contributed by atoms with Crippen LogP contribution < -0.4 is 5.73 Å². The van der Waals surface area contributed by atoms with Crippen molar-refractivity contribution in [2.75, 3.05) is 0 Å². The molecule has 5 aromatic carbocycles. The summed E-state index contributed by atoms with van der Waals surface area (Å²) in [4.78, 5) is 0. The highest BCUT2D eigenvalue weighted by Gasteiger charge is 2.08. The molecule has 0 aliphatic carbocycles. The molecular weight excluding hydrogens is 386 g/mol. The van der Waals surface area contributed by atoms with E-state index in [-0.39, 0.29) is 0 Å². The van der Waals surface area contributed by atoms with E-state index in [1.54, 1.807) is 0 Å². The molecule has 0 fully saturated rings. The summed E-state index contributed by atoms with van der Waals surface area (Å²) in [5.41, 5.74) is 16.9. The van der Waals surface area contributed by atoms with Gasteiger partial charge in [-0.25, -0.2) is 0 Å². The van der Waals surface area contributed by atoms with Gasteiger partial charge in [-0.3, -0.25) is 0 Å². The van der Waals surface area contributed by atoms with Gasteiger partial charge in [-0.05, 0) is 56.1 Å². The first-order valence-electron chi connectivity index (χ1n) is 11.0. The quantitative estimate of drug-likeness (QED) is 0.313. The standard InChI is InChI=1S/C31H25N/c32-22-30-20-19-29(27-13-11-25(12-14-27)23-7-3-1-4-8-23)21-31(30)28-17-15-26(16-18-28)24-9-5-2-6-10-24/h1-21H,22,32H2. The van der Waals surface area contributed by atoms with Gasteiger partial charge in [0.2, 0.25) is 0 Å². The molecule has 0 aliphatic heterocycles. The Morgan fingerprint density at radius 3 is 1.22 bits per heavy atom. The highest BCUT2D eigenvalue weighted by atomic mass is 14.5. The lowest BCUT2D eigenvalue weighted by molar-refractivity contribution is 1.07. The molecule has 32 heavy (non-hydrogen) atoms. The van der Waals surface area contributed by atoms with Gasteiger partial charge in [0, 0.05) is 6.54 Å². The maximum absolute atomic E-state index is 6.08. The first kappa shape index (κ1) is 20.0. The van der Waals surface area contributed by atoms with Crippen molar-refractivity contribution in [3.05, 3.63) is 133 Å². The zero-order valence-electron chi connectivity index (χ0n) is 17.9. The van der Waals surface area contributed by atoms with Crippen LogP contribution >= 0.6 is 0 Å².